The summed E-state index contributed by atoms with van der Waals surface area (Å²) in [6, 6.07) is 21.2. The minimum atomic E-state index is 0.384. The van der Waals surface area contributed by atoms with Gasteiger partial charge in [-0.3, -0.25) is 0 Å². The molecule has 0 saturated carbocycles. The lowest BCUT2D eigenvalue weighted by atomic mass is 9.81. The van der Waals surface area contributed by atoms with Gasteiger partial charge in [-0.25, -0.2) is 0 Å². The van der Waals surface area contributed by atoms with Crippen molar-refractivity contribution in [2.45, 2.75) is 0 Å². The van der Waals surface area contributed by atoms with E-state index in [9.17, 15) is 0 Å². The highest BCUT2D eigenvalue weighted by Gasteiger charge is 2.22. The first-order chi connectivity index (χ1) is 8.95. The molecule has 0 unspecified atom stereocenters. The smallest absolute Gasteiger partial charge is 0.0445 e. The predicted molar refractivity (Wildman–Crippen MR) is 76.1 cm³/mol. The SMILES string of the molecule is C1=CC([C](c2ccccc2)c2ccccc2)C=C1. The molecule has 1 aliphatic carbocycles. The molecule has 18 heavy (non-hydrogen) atoms. The molecule has 0 heteroatoms. The Morgan fingerprint density at radius 2 is 1.06 bits per heavy atom. The Morgan fingerprint density at radius 1 is 0.611 bits per heavy atom. The molecular weight excluding hydrogens is 216 g/mol. The highest BCUT2D eigenvalue weighted by molar-refractivity contribution is 5.50. The van der Waals surface area contributed by atoms with Crippen LogP contribution in [0.25, 0.3) is 0 Å². The Labute approximate surface area is 108 Å². The van der Waals surface area contributed by atoms with Gasteiger partial charge in [0.15, 0.2) is 0 Å². The van der Waals surface area contributed by atoms with Gasteiger partial charge in [0.05, 0.1) is 0 Å². The van der Waals surface area contributed by atoms with Crippen LogP contribution in [0.2, 0.25) is 0 Å². The molecule has 3 rings (SSSR count). The standard InChI is InChI=1S/C18H15/c1-3-9-15(10-4-1)18(17-13-7-8-14-17)16-11-5-2-6-12-16/h1-14,17H. The molecule has 1 aliphatic rings. The molecule has 2 aromatic carbocycles. The number of hydrogen-bond donors (Lipinski definition) is 0. The van der Waals surface area contributed by atoms with Crippen LogP contribution in [-0.2, 0) is 0 Å². The lowest BCUT2D eigenvalue weighted by Gasteiger charge is -2.21. The topological polar surface area (TPSA) is 0 Å². The van der Waals surface area contributed by atoms with Crippen molar-refractivity contribution in [3.8, 4) is 0 Å². The fraction of sp³-hybridized carbons (Fsp3) is 0.0556. The molecule has 1 radical (unpaired) electrons. The van der Waals surface area contributed by atoms with Crippen LogP contribution >= 0.6 is 0 Å². The Kier molecular flexibility index (Phi) is 3.10. The monoisotopic (exact) mass is 231 g/mol. The molecule has 87 valence electrons. The van der Waals surface area contributed by atoms with Gasteiger partial charge in [0.2, 0.25) is 0 Å². The lowest BCUT2D eigenvalue weighted by molar-refractivity contribution is 0.889. The average molecular weight is 231 g/mol. The van der Waals surface area contributed by atoms with E-state index in [1.807, 2.05) is 0 Å². The predicted octanol–water partition coefficient (Wildman–Crippen LogP) is 4.40. The maximum absolute atomic E-state index is 2.25. The van der Waals surface area contributed by atoms with Crippen LogP contribution in [0.3, 0.4) is 0 Å². The summed E-state index contributed by atoms with van der Waals surface area (Å²) in [6.45, 7) is 0. The van der Waals surface area contributed by atoms with Crippen LogP contribution in [-0.4, -0.2) is 0 Å². The number of rotatable bonds is 3. The average Bonchev–Trinajstić information content (AvgIpc) is 2.95. The highest BCUT2D eigenvalue weighted by Crippen LogP contribution is 2.34. The molecule has 0 atom stereocenters. The number of allylic oxidation sites excluding steroid dienone is 4. The lowest BCUT2D eigenvalue weighted by Crippen LogP contribution is -2.10. The number of hydrogen-bond acceptors (Lipinski definition) is 0. The molecule has 0 amide bonds. The van der Waals surface area contributed by atoms with E-state index in [0.717, 1.165) is 0 Å². The molecular formula is C18H15. The van der Waals surface area contributed by atoms with Crippen molar-refractivity contribution in [3.63, 3.8) is 0 Å². The van der Waals surface area contributed by atoms with E-state index in [1.165, 1.54) is 17.0 Å². The van der Waals surface area contributed by atoms with Crippen molar-refractivity contribution in [1.29, 1.82) is 0 Å². The third kappa shape index (κ3) is 2.14. The molecule has 0 heterocycles. The maximum atomic E-state index is 2.25. The van der Waals surface area contributed by atoms with Gasteiger partial charge in [-0.15, -0.1) is 0 Å². The van der Waals surface area contributed by atoms with Gasteiger partial charge >= 0.3 is 0 Å². The van der Waals surface area contributed by atoms with Crippen LogP contribution < -0.4 is 0 Å². The summed E-state index contributed by atoms with van der Waals surface area (Å²) in [5.74, 6) is 1.76. The van der Waals surface area contributed by atoms with E-state index in [2.05, 4.69) is 85.0 Å². The van der Waals surface area contributed by atoms with Gasteiger partial charge < -0.3 is 0 Å². The summed E-state index contributed by atoms with van der Waals surface area (Å²) in [7, 11) is 0. The normalized spacial score (nSPS) is 14.5. The second kappa shape index (κ2) is 5.05. The van der Waals surface area contributed by atoms with Gasteiger partial charge in [0, 0.05) is 11.8 Å². The number of benzene rings is 2. The summed E-state index contributed by atoms with van der Waals surface area (Å²) in [5.41, 5.74) is 2.59. The summed E-state index contributed by atoms with van der Waals surface area (Å²) in [5, 5.41) is 0. The largest absolute Gasteiger partial charge is 0.0763 e. The first-order valence-corrected chi connectivity index (χ1v) is 6.28. The van der Waals surface area contributed by atoms with Crippen LogP contribution in [0.1, 0.15) is 11.1 Å². The van der Waals surface area contributed by atoms with E-state index in [-0.39, 0.29) is 0 Å². The van der Waals surface area contributed by atoms with E-state index in [4.69, 9.17) is 0 Å². The van der Waals surface area contributed by atoms with Crippen LogP contribution in [0.5, 0.6) is 0 Å². The fourth-order valence-electron chi connectivity index (χ4n) is 2.41. The molecule has 0 saturated heterocycles. The van der Waals surface area contributed by atoms with Crippen LogP contribution in [0, 0.1) is 11.8 Å². The Balaban J connectivity index is 2.04. The molecule has 0 aromatic heterocycles. The van der Waals surface area contributed by atoms with Crippen molar-refractivity contribution in [1.82, 2.24) is 0 Å². The molecule has 0 N–H and O–H groups in total. The zero-order valence-electron chi connectivity index (χ0n) is 10.2. The van der Waals surface area contributed by atoms with Crippen molar-refractivity contribution in [2.24, 2.45) is 5.92 Å². The second-order valence-electron chi connectivity index (χ2n) is 4.44. The third-order valence-corrected chi connectivity index (χ3v) is 3.25. The van der Waals surface area contributed by atoms with Gasteiger partial charge in [-0.05, 0) is 11.1 Å². The first kappa shape index (κ1) is 11.0. The van der Waals surface area contributed by atoms with Crippen molar-refractivity contribution >= 4 is 0 Å². The third-order valence-electron chi connectivity index (χ3n) is 3.25. The van der Waals surface area contributed by atoms with E-state index in [1.54, 1.807) is 0 Å². The van der Waals surface area contributed by atoms with E-state index >= 15 is 0 Å². The van der Waals surface area contributed by atoms with Crippen molar-refractivity contribution in [2.75, 3.05) is 0 Å². The summed E-state index contributed by atoms with van der Waals surface area (Å²) in [4.78, 5) is 0. The minimum absolute atomic E-state index is 0.384. The molecule has 0 fully saturated rings. The molecule has 2 aromatic rings. The maximum Gasteiger partial charge on any atom is 0.0445 e. The first-order valence-electron chi connectivity index (χ1n) is 6.28. The Morgan fingerprint density at radius 3 is 1.50 bits per heavy atom. The fourth-order valence-corrected chi connectivity index (χ4v) is 2.41. The van der Waals surface area contributed by atoms with E-state index < -0.39 is 0 Å². The summed E-state index contributed by atoms with van der Waals surface area (Å²) in [6.07, 6.45) is 8.73. The van der Waals surface area contributed by atoms with E-state index in [0.29, 0.717) is 5.92 Å². The Hall–Kier alpha value is -2.08. The van der Waals surface area contributed by atoms with Gasteiger partial charge in [-0.1, -0.05) is 85.0 Å². The highest BCUT2D eigenvalue weighted by atomic mass is 14.2. The summed E-state index contributed by atoms with van der Waals surface area (Å²) < 4.78 is 0. The Bertz CT molecular complexity index is 498. The zero-order chi connectivity index (χ0) is 12.2. The zero-order valence-corrected chi connectivity index (χ0v) is 10.2. The molecule has 0 spiro atoms. The quantitative estimate of drug-likeness (QED) is 0.734. The molecule has 0 nitrogen and oxygen atoms in total. The van der Waals surface area contributed by atoms with Crippen LogP contribution in [0.4, 0.5) is 0 Å². The summed E-state index contributed by atoms with van der Waals surface area (Å²) >= 11 is 0. The second-order valence-corrected chi connectivity index (χ2v) is 4.44. The molecule has 0 bridgehead atoms. The van der Waals surface area contributed by atoms with Crippen molar-refractivity contribution in [3.05, 3.63) is 102 Å². The van der Waals surface area contributed by atoms with Gasteiger partial charge in [0.1, 0.15) is 0 Å². The van der Waals surface area contributed by atoms with Gasteiger partial charge in [0.25, 0.3) is 0 Å². The minimum Gasteiger partial charge on any atom is -0.0763 e. The molecule has 0 aliphatic heterocycles. The van der Waals surface area contributed by atoms with Gasteiger partial charge in [-0.2, -0.15) is 0 Å². The van der Waals surface area contributed by atoms with Crippen molar-refractivity contribution < 1.29 is 0 Å². The van der Waals surface area contributed by atoms with Crippen LogP contribution in [0.15, 0.2) is 85.0 Å².